The van der Waals surface area contributed by atoms with Gasteiger partial charge in [0.25, 0.3) is 0 Å². The Kier molecular flexibility index (Phi) is 4.31. The highest BCUT2D eigenvalue weighted by molar-refractivity contribution is 5.67. The molecule has 0 amide bonds. The Morgan fingerprint density at radius 3 is 3.07 bits per heavy atom. The van der Waals surface area contributed by atoms with E-state index in [9.17, 15) is 9.90 Å². The van der Waals surface area contributed by atoms with Gasteiger partial charge in [-0.05, 0) is 6.92 Å². The molecule has 14 heavy (non-hydrogen) atoms. The van der Waals surface area contributed by atoms with Gasteiger partial charge in [0.1, 0.15) is 0 Å². The zero-order chi connectivity index (χ0) is 10.6. The van der Waals surface area contributed by atoms with Gasteiger partial charge in [0.15, 0.2) is 0 Å². The molecule has 1 saturated heterocycles. The van der Waals surface area contributed by atoms with Crippen molar-refractivity contribution in [3.05, 3.63) is 0 Å². The molecule has 1 heterocycles. The van der Waals surface area contributed by atoms with E-state index in [0.29, 0.717) is 26.3 Å². The molecule has 0 aromatic rings. The summed E-state index contributed by atoms with van der Waals surface area (Å²) >= 11 is 0. The first-order valence-corrected chi connectivity index (χ1v) is 4.81. The average molecular weight is 203 g/mol. The minimum Gasteiger partial charge on any atom is -0.481 e. The molecular formula is C9H17NO4. The molecule has 2 unspecified atom stereocenters. The van der Waals surface area contributed by atoms with Crippen molar-refractivity contribution >= 4 is 5.97 Å². The number of aliphatic carboxylic acids is 1. The molecule has 1 fully saturated rings. The van der Waals surface area contributed by atoms with Gasteiger partial charge in [-0.1, -0.05) is 0 Å². The topological polar surface area (TPSA) is 70.0 Å². The highest BCUT2D eigenvalue weighted by Gasteiger charge is 2.22. The molecule has 1 rings (SSSR count). The summed E-state index contributed by atoms with van der Waals surface area (Å²) in [6.45, 7) is 3.93. The molecule has 1 aliphatic rings. The Morgan fingerprint density at radius 2 is 2.43 bits per heavy atom. The highest BCUT2D eigenvalue weighted by Crippen LogP contribution is 2.08. The number of carbonyl (C=O) groups is 1. The van der Waals surface area contributed by atoms with Gasteiger partial charge in [-0.15, -0.1) is 0 Å². The lowest BCUT2D eigenvalue weighted by Crippen LogP contribution is -2.40. The van der Waals surface area contributed by atoms with Crippen molar-refractivity contribution in [2.45, 2.75) is 25.5 Å². The number of carboxylic acids is 1. The van der Waals surface area contributed by atoms with Crippen LogP contribution in [-0.2, 0) is 9.53 Å². The maximum Gasteiger partial charge on any atom is 0.304 e. The molecule has 5 heteroatoms. The minimum atomic E-state index is -0.808. The zero-order valence-electron chi connectivity index (χ0n) is 8.35. The molecule has 0 aromatic carbocycles. The van der Waals surface area contributed by atoms with Gasteiger partial charge < -0.3 is 14.9 Å². The highest BCUT2D eigenvalue weighted by atomic mass is 16.5. The van der Waals surface area contributed by atoms with Crippen molar-refractivity contribution in [2.75, 3.05) is 26.3 Å². The fourth-order valence-corrected chi connectivity index (χ4v) is 1.60. The normalized spacial score (nSPS) is 26.9. The van der Waals surface area contributed by atoms with Crippen LogP contribution in [-0.4, -0.2) is 59.5 Å². The van der Waals surface area contributed by atoms with Crippen molar-refractivity contribution in [1.29, 1.82) is 0 Å². The van der Waals surface area contributed by atoms with Gasteiger partial charge in [-0.2, -0.15) is 0 Å². The third kappa shape index (κ3) is 3.61. The maximum atomic E-state index is 10.5. The van der Waals surface area contributed by atoms with E-state index in [1.807, 2.05) is 11.8 Å². The quantitative estimate of drug-likeness (QED) is 0.649. The molecule has 0 aliphatic carbocycles. The van der Waals surface area contributed by atoms with Crippen molar-refractivity contribution in [3.63, 3.8) is 0 Å². The van der Waals surface area contributed by atoms with Crippen LogP contribution < -0.4 is 0 Å². The predicted molar refractivity (Wildman–Crippen MR) is 50.1 cm³/mol. The summed E-state index contributed by atoms with van der Waals surface area (Å²) in [5.41, 5.74) is 0. The summed E-state index contributed by atoms with van der Waals surface area (Å²) in [5, 5.41) is 18.1. The number of rotatable bonds is 3. The lowest BCUT2D eigenvalue weighted by molar-refractivity contribution is -0.138. The summed E-state index contributed by atoms with van der Waals surface area (Å²) in [5.74, 6) is -0.808. The van der Waals surface area contributed by atoms with E-state index in [4.69, 9.17) is 9.84 Å². The maximum absolute atomic E-state index is 10.5. The number of carboxylic acid groups (broad SMARTS) is 1. The Labute approximate surface area is 83.3 Å². The van der Waals surface area contributed by atoms with Gasteiger partial charge in [-0.25, -0.2) is 0 Å². The van der Waals surface area contributed by atoms with Gasteiger partial charge in [0.2, 0.25) is 0 Å². The van der Waals surface area contributed by atoms with Gasteiger partial charge in [-0.3, -0.25) is 9.69 Å². The predicted octanol–water partition coefficient (Wildman–Crippen LogP) is -0.457. The first-order chi connectivity index (χ1) is 6.59. The number of aliphatic hydroxyl groups excluding tert-OH is 1. The van der Waals surface area contributed by atoms with Crippen molar-refractivity contribution in [1.82, 2.24) is 4.90 Å². The van der Waals surface area contributed by atoms with E-state index < -0.39 is 12.1 Å². The third-order valence-corrected chi connectivity index (χ3v) is 2.37. The fraction of sp³-hybridized carbons (Fsp3) is 0.889. The Morgan fingerprint density at radius 1 is 1.71 bits per heavy atom. The van der Waals surface area contributed by atoms with Crippen LogP contribution >= 0.6 is 0 Å². The van der Waals surface area contributed by atoms with Crippen molar-refractivity contribution < 1.29 is 19.7 Å². The molecular weight excluding hydrogens is 186 g/mol. The summed E-state index contributed by atoms with van der Waals surface area (Å²) in [7, 11) is 0. The van der Waals surface area contributed by atoms with Crippen LogP contribution in [0.4, 0.5) is 0 Å². The summed E-state index contributed by atoms with van der Waals surface area (Å²) < 4.78 is 5.15. The van der Waals surface area contributed by atoms with E-state index in [-0.39, 0.29) is 12.5 Å². The van der Waals surface area contributed by atoms with E-state index in [1.165, 1.54) is 0 Å². The Bertz CT molecular complexity index is 197. The minimum absolute atomic E-state index is 0.0520. The summed E-state index contributed by atoms with van der Waals surface area (Å²) in [6.07, 6.45) is -0.402. The molecule has 0 aromatic heterocycles. The lowest BCUT2D eigenvalue weighted by Gasteiger charge is -2.26. The number of aliphatic hydroxyl groups is 1. The molecule has 5 nitrogen and oxygen atoms in total. The first kappa shape index (κ1) is 11.4. The number of hydrogen-bond acceptors (Lipinski definition) is 4. The number of hydrogen-bond donors (Lipinski definition) is 2. The smallest absolute Gasteiger partial charge is 0.304 e. The van der Waals surface area contributed by atoms with Gasteiger partial charge >= 0.3 is 5.97 Å². The fourth-order valence-electron chi connectivity index (χ4n) is 1.60. The van der Waals surface area contributed by atoms with Crippen LogP contribution in [0.15, 0.2) is 0 Å². The summed E-state index contributed by atoms with van der Waals surface area (Å²) in [6, 6.07) is -0.0520. The second-order valence-corrected chi connectivity index (χ2v) is 3.67. The second kappa shape index (κ2) is 5.29. The van der Waals surface area contributed by atoms with Crippen LogP contribution in [0.1, 0.15) is 13.3 Å². The van der Waals surface area contributed by atoms with Crippen molar-refractivity contribution in [2.24, 2.45) is 0 Å². The van der Waals surface area contributed by atoms with Crippen LogP contribution in [0, 0.1) is 0 Å². The molecule has 0 radical (unpaired) electrons. The molecule has 0 saturated carbocycles. The van der Waals surface area contributed by atoms with Gasteiger partial charge in [0, 0.05) is 19.1 Å². The zero-order valence-corrected chi connectivity index (χ0v) is 8.35. The third-order valence-electron chi connectivity index (χ3n) is 2.37. The molecule has 0 spiro atoms. The van der Waals surface area contributed by atoms with E-state index in [1.54, 1.807) is 0 Å². The van der Waals surface area contributed by atoms with Crippen molar-refractivity contribution in [3.8, 4) is 0 Å². The average Bonchev–Trinajstić information content (AvgIpc) is 2.28. The monoisotopic (exact) mass is 203 g/mol. The number of ether oxygens (including phenoxy) is 1. The van der Waals surface area contributed by atoms with E-state index in [0.717, 1.165) is 0 Å². The van der Waals surface area contributed by atoms with E-state index >= 15 is 0 Å². The Hall–Kier alpha value is -0.650. The molecule has 2 atom stereocenters. The molecule has 82 valence electrons. The SMILES string of the molecule is CC(CC(=O)O)N1CCOCC(O)C1. The number of β-amino-alcohol motifs (C(OH)–C–C–N with tert-alkyl or cyclic N) is 1. The molecule has 0 bridgehead atoms. The molecule has 2 N–H and O–H groups in total. The van der Waals surface area contributed by atoms with Crippen LogP contribution in [0.3, 0.4) is 0 Å². The largest absolute Gasteiger partial charge is 0.481 e. The number of nitrogens with zero attached hydrogens (tertiary/aromatic N) is 1. The summed E-state index contributed by atoms with van der Waals surface area (Å²) in [4.78, 5) is 12.4. The van der Waals surface area contributed by atoms with Crippen LogP contribution in [0.25, 0.3) is 0 Å². The Balaban J connectivity index is 2.43. The van der Waals surface area contributed by atoms with Crippen LogP contribution in [0.2, 0.25) is 0 Å². The first-order valence-electron chi connectivity index (χ1n) is 4.81. The standard InChI is InChI=1S/C9H17NO4/c1-7(4-9(12)13)10-2-3-14-6-8(11)5-10/h7-8,11H,2-6H2,1H3,(H,12,13). The second-order valence-electron chi connectivity index (χ2n) is 3.67. The molecule has 1 aliphatic heterocycles. The van der Waals surface area contributed by atoms with Crippen LogP contribution in [0.5, 0.6) is 0 Å². The van der Waals surface area contributed by atoms with E-state index in [2.05, 4.69) is 0 Å². The van der Waals surface area contributed by atoms with Gasteiger partial charge in [0.05, 0.1) is 25.7 Å². The lowest BCUT2D eigenvalue weighted by atomic mass is 10.2.